The second-order valence-corrected chi connectivity index (χ2v) is 8.31. The Labute approximate surface area is 177 Å². The number of aliphatic hydroxyl groups is 1. The molecule has 0 aromatic heterocycles. The molecule has 2 N–H and O–H groups in total. The third kappa shape index (κ3) is 4.92. The van der Waals surface area contributed by atoms with E-state index in [4.69, 9.17) is 11.6 Å². The molecule has 1 atom stereocenters. The van der Waals surface area contributed by atoms with Gasteiger partial charge in [0.2, 0.25) is 5.91 Å². The lowest BCUT2D eigenvalue weighted by atomic mass is 9.96. The van der Waals surface area contributed by atoms with Crippen LogP contribution in [0, 0.1) is 0 Å². The fourth-order valence-corrected chi connectivity index (χ4v) is 4.46. The molecule has 2 aliphatic rings. The molecule has 154 valence electrons. The molecule has 2 aliphatic heterocycles. The summed E-state index contributed by atoms with van der Waals surface area (Å²) in [6.45, 7) is 4.97. The molecule has 0 saturated carbocycles. The van der Waals surface area contributed by atoms with Gasteiger partial charge in [0, 0.05) is 38.3 Å². The number of hydrogen-bond acceptors (Lipinski definition) is 4. The minimum absolute atomic E-state index is 0.0698. The van der Waals surface area contributed by atoms with Gasteiger partial charge in [0.1, 0.15) is 0 Å². The summed E-state index contributed by atoms with van der Waals surface area (Å²) in [5.74, 6) is 0.0698. The molecule has 2 aromatic carbocycles. The van der Waals surface area contributed by atoms with Gasteiger partial charge in [0.15, 0.2) is 0 Å². The number of halogens is 1. The first-order chi connectivity index (χ1) is 14.1. The van der Waals surface area contributed by atoms with E-state index in [-0.39, 0.29) is 5.91 Å². The summed E-state index contributed by atoms with van der Waals surface area (Å²) in [4.78, 5) is 16.3. The maximum Gasteiger partial charge on any atom is 0.224 e. The number of aryl methyl sites for hydroxylation is 1. The molecular formula is C23H28ClN3O2. The van der Waals surface area contributed by atoms with E-state index < -0.39 is 6.10 Å². The number of rotatable bonds is 6. The van der Waals surface area contributed by atoms with Crippen molar-refractivity contribution in [3.63, 3.8) is 0 Å². The van der Waals surface area contributed by atoms with Crippen LogP contribution in [0.5, 0.6) is 0 Å². The van der Waals surface area contributed by atoms with Crippen LogP contribution in [0.25, 0.3) is 0 Å². The molecule has 0 aliphatic carbocycles. The summed E-state index contributed by atoms with van der Waals surface area (Å²) >= 11 is 6.32. The van der Waals surface area contributed by atoms with Crippen molar-refractivity contribution in [1.82, 2.24) is 4.90 Å². The lowest BCUT2D eigenvalue weighted by molar-refractivity contribution is -0.116. The number of piperazine rings is 1. The highest BCUT2D eigenvalue weighted by atomic mass is 35.5. The fourth-order valence-electron chi connectivity index (χ4n) is 4.21. The van der Waals surface area contributed by atoms with Crippen LogP contribution in [-0.2, 0) is 11.2 Å². The first kappa shape index (κ1) is 20.2. The van der Waals surface area contributed by atoms with E-state index >= 15 is 0 Å². The predicted octanol–water partition coefficient (Wildman–Crippen LogP) is 3.86. The second-order valence-electron chi connectivity index (χ2n) is 7.90. The molecule has 4 rings (SSSR count). The monoisotopic (exact) mass is 413 g/mol. The van der Waals surface area contributed by atoms with Crippen LogP contribution in [0.15, 0.2) is 42.5 Å². The molecule has 0 bridgehead atoms. The molecule has 29 heavy (non-hydrogen) atoms. The Morgan fingerprint density at radius 1 is 1.07 bits per heavy atom. The Morgan fingerprint density at radius 3 is 2.66 bits per heavy atom. The quantitative estimate of drug-likeness (QED) is 0.755. The number of aliphatic hydroxyl groups excluding tert-OH is 1. The second kappa shape index (κ2) is 9.16. The summed E-state index contributed by atoms with van der Waals surface area (Å²) in [7, 11) is 0. The molecule has 2 heterocycles. The molecule has 1 unspecified atom stereocenters. The van der Waals surface area contributed by atoms with Crippen LogP contribution in [0.1, 0.15) is 36.5 Å². The fraction of sp³-hybridized carbons (Fsp3) is 0.435. The summed E-state index contributed by atoms with van der Waals surface area (Å²) in [5.41, 5.74) is 4.07. The van der Waals surface area contributed by atoms with E-state index in [0.29, 0.717) is 6.42 Å². The van der Waals surface area contributed by atoms with Crippen molar-refractivity contribution in [1.29, 1.82) is 0 Å². The van der Waals surface area contributed by atoms with Crippen molar-refractivity contribution < 1.29 is 9.90 Å². The summed E-state index contributed by atoms with van der Waals surface area (Å²) in [6, 6.07) is 13.9. The number of carbonyl (C=O) groups is 1. The average Bonchev–Trinajstić information content (AvgIpc) is 2.74. The Balaban J connectivity index is 1.23. The number of amides is 1. The molecule has 1 fully saturated rings. The number of nitrogens with zero attached hydrogens (tertiary/aromatic N) is 2. The van der Waals surface area contributed by atoms with Crippen LogP contribution in [0.4, 0.5) is 11.4 Å². The van der Waals surface area contributed by atoms with E-state index in [1.54, 1.807) is 0 Å². The molecule has 2 aromatic rings. The highest BCUT2D eigenvalue weighted by Crippen LogP contribution is 2.28. The van der Waals surface area contributed by atoms with Gasteiger partial charge in [-0.25, -0.2) is 0 Å². The normalized spacial score (nSPS) is 18.3. The van der Waals surface area contributed by atoms with Crippen molar-refractivity contribution in [3.05, 3.63) is 58.6 Å². The number of carbonyl (C=O) groups excluding carboxylic acids is 1. The standard InChI is InChI=1S/C23H28ClN3O2/c24-19-4-1-2-5-21(19)27-14-12-26(13-15-27)11-3-6-22(28)18-7-9-20-17(16-18)8-10-23(29)25-20/h1-2,4-5,7,9,16,22,28H,3,6,8,10-15H2,(H,25,29). The highest BCUT2D eigenvalue weighted by Gasteiger charge is 2.20. The van der Waals surface area contributed by atoms with Gasteiger partial charge in [-0.1, -0.05) is 35.9 Å². The molecule has 0 radical (unpaired) electrons. The van der Waals surface area contributed by atoms with Crippen molar-refractivity contribution in [3.8, 4) is 0 Å². The van der Waals surface area contributed by atoms with E-state index in [1.807, 2.05) is 36.4 Å². The van der Waals surface area contributed by atoms with Gasteiger partial charge >= 0.3 is 0 Å². The molecule has 5 nitrogen and oxygen atoms in total. The zero-order valence-electron chi connectivity index (χ0n) is 16.6. The topological polar surface area (TPSA) is 55.8 Å². The number of benzene rings is 2. The molecular weight excluding hydrogens is 386 g/mol. The molecule has 1 saturated heterocycles. The Hall–Kier alpha value is -2.08. The molecule has 1 amide bonds. The van der Waals surface area contributed by atoms with Crippen LogP contribution in [0.2, 0.25) is 5.02 Å². The Kier molecular flexibility index (Phi) is 6.38. The van der Waals surface area contributed by atoms with Gasteiger partial charge in [0.05, 0.1) is 16.8 Å². The lowest BCUT2D eigenvalue weighted by Gasteiger charge is -2.36. The van der Waals surface area contributed by atoms with Gasteiger partial charge in [-0.2, -0.15) is 0 Å². The van der Waals surface area contributed by atoms with Crippen LogP contribution in [0.3, 0.4) is 0 Å². The van der Waals surface area contributed by atoms with Crippen molar-refractivity contribution in [2.75, 3.05) is 42.9 Å². The first-order valence-corrected chi connectivity index (χ1v) is 10.8. The summed E-state index contributed by atoms with van der Waals surface area (Å²) < 4.78 is 0. The van der Waals surface area contributed by atoms with E-state index in [1.165, 1.54) is 0 Å². The number of anilines is 2. The minimum atomic E-state index is -0.456. The zero-order valence-corrected chi connectivity index (χ0v) is 17.4. The van der Waals surface area contributed by atoms with Crippen LogP contribution in [-0.4, -0.2) is 48.6 Å². The highest BCUT2D eigenvalue weighted by molar-refractivity contribution is 6.33. The zero-order chi connectivity index (χ0) is 20.2. The summed E-state index contributed by atoms with van der Waals surface area (Å²) in [6.07, 6.45) is 2.52. The number of hydrogen-bond donors (Lipinski definition) is 2. The lowest BCUT2D eigenvalue weighted by Crippen LogP contribution is -2.46. The number of para-hydroxylation sites is 1. The van der Waals surface area contributed by atoms with Gasteiger partial charge < -0.3 is 15.3 Å². The Bertz CT molecular complexity index is 865. The third-order valence-electron chi connectivity index (χ3n) is 5.93. The third-order valence-corrected chi connectivity index (χ3v) is 6.25. The van der Waals surface area contributed by atoms with Crippen molar-refractivity contribution >= 4 is 28.9 Å². The van der Waals surface area contributed by atoms with E-state index in [0.717, 1.165) is 79.5 Å². The van der Waals surface area contributed by atoms with E-state index in [9.17, 15) is 9.90 Å². The predicted molar refractivity (Wildman–Crippen MR) is 118 cm³/mol. The molecule has 6 heteroatoms. The number of fused-ring (bicyclic) bond motifs is 1. The van der Waals surface area contributed by atoms with Gasteiger partial charge in [0.25, 0.3) is 0 Å². The SMILES string of the molecule is O=C1CCc2cc(C(O)CCCN3CCN(c4ccccc4Cl)CC3)ccc2N1. The van der Waals surface area contributed by atoms with Gasteiger partial charge in [-0.15, -0.1) is 0 Å². The van der Waals surface area contributed by atoms with E-state index in [2.05, 4.69) is 21.2 Å². The maximum absolute atomic E-state index is 11.5. The smallest absolute Gasteiger partial charge is 0.224 e. The van der Waals surface area contributed by atoms with Crippen molar-refractivity contribution in [2.24, 2.45) is 0 Å². The molecule has 0 spiro atoms. The van der Waals surface area contributed by atoms with Crippen LogP contribution < -0.4 is 10.2 Å². The van der Waals surface area contributed by atoms with Crippen molar-refractivity contribution in [2.45, 2.75) is 31.8 Å². The summed E-state index contributed by atoms with van der Waals surface area (Å²) in [5, 5.41) is 14.3. The largest absolute Gasteiger partial charge is 0.388 e. The average molecular weight is 414 g/mol. The number of nitrogens with one attached hydrogen (secondary N) is 1. The maximum atomic E-state index is 11.5. The van der Waals surface area contributed by atoms with Gasteiger partial charge in [-0.05, 0) is 55.1 Å². The van der Waals surface area contributed by atoms with Crippen LogP contribution >= 0.6 is 11.6 Å². The Morgan fingerprint density at radius 2 is 1.86 bits per heavy atom. The minimum Gasteiger partial charge on any atom is -0.388 e. The van der Waals surface area contributed by atoms with Gasteiger partial charge in [-0.3, -0.25) is 9.69 Å². The first-order valence-electron chi connectivity index (χ1n) is 10.4.